The van der Waals surface area contributed by atoms with Crippen LogP contribution in [0.4, 0.5) is 5.69 Å². The summed E-state index contributed by atoms with van der Waals surface area (Å²) in [4.78, 5) is 38.1. The topological polar surface area (TPSA) is 97.5 Å². The Balaban J connectivity index is 1.19. The number of hydrogen-bond donors (Lipinski definition) is 1. The van der Waals surface area contributed by atoms with Gasteiger partial charge in [0.05, 0.1) is 21.8 Å². The van der Waals surface area contributed by atoms with Crippen LogP contribution in [0.5, 0.6) is 0 Å². The van der Waals surface area contributed by atoms with Crippen LogP contribution in [-0.2, 0) is 16.1 Å². The van der Waals surface area contributed by atoms with Gasteiger partial charge in [0, 0.05) is 23.5 Å². The van der Waals surface area contributed by atoms with Gasteiger partial charge in [-0.1, -0.05) is 30.0 Å². The average molecular weight is 523 g/mol. The van der Waals surface area contributed by atoms with Crippen molar-refractivity contribution < 1.29 is 14.5 Å². The van der Waals surface area contributed by atoms with Gasteiger partial charge in [-0.25, -0.2) is 0 Å². The Kier molecular flexibility index (Phi) is 5.75. The summed E-state index contributed by atoms with van der Waals surface area (Å²) in [6.45, 7) is 0.291. The van der Waals surface area contributed by atoms with Crippen LogP contribution in [0.3, 0.4) is 0 Å². The second-order valence-electron chi connectivity index (χ2n) is 10.6. The fourth-order valence-electron chi connectivity index (χ4n) is 7.02. The van der Waals surface area contributed by atoms with E-state index in [1.165, 1.54) is 30.3 Å². The number of nitrogens with one attached hydrogen (secondary N) is 1. The number of nitro benzene ring substituents is 1. The van der Waals surface area contributed by atoms with E-state index >= 15 is 0 Å². The van der Waals surface area contributed by atoms with Crippen LogP contribution < -0.4 is 5.43 Å². The number of aromatic nitrogens is 1. The van der Waals surface area contributed by atoms with Crippen molar-refractivity contribution in [3.05, 3.63) is 68.9 Å². The third-order valence-electron chi connectivity index (χ3n) is 8.20. The van der Waals surface area contributed by atoms with Gasteiger partial charge >= 0.3 is 0 Å². The number of rotatable bonds is 6. The molecular weight excluding hydrogens is 496 g/mol. The summed E-state index contributed by atoms with van der Waals surface area (Å²) in [5.41, 5.74) is 3.85. The molecule has 1 saturated heterocycles. The van der Waals surface area contributed by atoms with E-state index in [0.717, 1.165) is 36.7 Å². The van der Waals surface area contributed by atoms with Crippen LogP contribution in [0.15, 0.2) is 47.5 Å². The zero-order valence-electron chi connectivity index (χ0n) is 19.6. The Hall–Kier alpha value is -2.98. The molecule has 5 fully saturated rings. The molecule has 4 saturated carbocycles. The third kappa shape index (κ3) is 4.06. The van der Waals surface area contributed by atoms with E-state index in [-0.39, 0.29) is 22.9 Å². The van der Waals surface area contributed by atoms with Crippen molar-refractivity contribution in [2.75, 3.05) is 0 Å². The fourth-order valence-corrected chi connectivity index (χ4v) is 8.18. The number of carbonyl (C=O) groups excluding carboxylic acids is 2. The van der Waals surface area contributed by atoms with Crippen molar-refractivity contribution in [2.24, 2.45) is 23.2 Å². The van der Waals surface area contributed by atoms with Crippen molar-refractivity contribution in [1.82, 2.24) is 15.0 Å². The molecule has 10 heteroatoms. The molecule has 8 nitrogen and oxygen atoms in total. The van der Waals surface area contributed by atoms with Gasteiger partial charge in [0.25, 0.3) is 11.6 Å². The van der Waals surface area contributed by atoms with Crippen LogP contribution in [0.1, 0.15) is 49.8 Å². The molecular formula is C26H26N4O4S2. The first kappa shape index (κ1) is 23.4. The molecule has 1 aromatic carbocycles. The highest BCUT2D eigenvalue weighted by Crippen LogP contribution is 2.60. The summed E-state index contributed by atoms with van der Waals surface area (Å²) in [5.74, 6) is 1.46. The number of thioether (sulfide) groups is 1. The lowest BCUT2D eigenvalue weighted by Crippen LogP contribution is -2.57. The molecule has 0 atom stereocenters. The number of hydrogen-bond acceptors (Lipinski definition) is 6. The largest absolute Gasteiger partial charge is 0.343 e. The zero-order chi connectivity index (χ0) is 25.0. The summed E-state index contributed by atoms with van der Waals surface area (Å²) in [6, 6.07) is 10.3. The molecule has 0 unspecified atom stereocenters. The van der Waals surface area contributed by atoms with E-state index in [1.807, 2.05) is 22.9 Å². The van der Waals surface area contributed by atoms with Crippen LogP contribution in [0, 0.1) is 33.3 Å². The minimum Gasteiger partial charge on any atom is -0.343 e. The summed E-state index contributed by atoms with van der Waals surface area (Å²) in [6.07, 6.45) is 9.99. The van der Waals surface area contributed by atoms with Crippen molar-refractivity contribution in [3.63, 3.8) is 0 Å². The molecule has 5 aliphatic rings. The third-order valence-corrected chi connectivity index (χ3v) is 9.50. The second kappa shape index (κ2) is 8.85. The van der Waals surface area contributed by atoms with E-state index < -0.39 is 4.92 Å². The number of carbonyl (C=O) groups is 2. The van der Waals surface area contributed by atoms with E-state index in [0.29, 0.717) is 39.1 Å². The molecule has 2 heterocycles. The molecule has 1 aliphatic heterocycles. The van der Waals surface area contributed by atoms with E-state index in [2.05, 4.69) is 5.43 Å². The smallest absolute Gasteiger partial charge is 0.285 e. The second-order valence-corrected chi connectivity index (χ2v) is 12.3. The lowest BCUT2D eigenvalue weighted by atomic mass is 9.49. The average Bonchev–Trinajstić information content (AvgIpc) is 3.37. The van der Waals surface area contributed by atoms with Gasteiger partial charge in [-0.3, -0.25) is 25.1 Å². The molecule has 1 aromatic heterocycles. The van der Waals surface area contributed by atoms with Crippen LogP contribution in [-0.4, -0.2) is 30.6 Å². The Morgan fingerprint density at radius 3 is 2.47 bits per heavy atom. The summed E-state index contributed by atoms with van der Waals surface area (Å²) < 4.78 is 2.16. The van der Waals surface area contributed by atoms with Crippen LogP contribution in [0.2, 0.25) is 0 Å². The van der Waals surface area contributed by atoms with Gasteiger partial charge in [0.2, 0.25) is 5.91 Å². The lowest BCUT2D eigenvalue weighted by Gasteiger charge is -2.55. The molecule has 2 amide bonds. The van der Waals surface area contributed by atoms with Crippen molar-refractivity contribution in [3.8, 4) is 0 Å². The Bertz CT molecular complexity index is 1280. The van der Waals surface area contributed by atoms with Crippen molar-refractivity contribution in [2.45, 2.75) is 45.1 Å². The van der Waals surface area contributed by atoms with Crippen LogP contribution >= 0.6 is 24.0 Å². The highest BCUT2D eigenvalue weighted by Gasteiger charge is 2.55. The highest BCUT2D eigenvalue weighted by atomic mass is 32.2. The number of nitrogens with zero attached hydrogens (tertiary/aromatic N) is 3. The van der Waals surface area contributed by atoms with Gasteiger partial charge < -0.3 is 4.57 Å². The maximum Gasteiger partial charge on any atom is 0.285 e. The summed E-state index contributed by atoms with van der Waals surface area (Å²) in [5, 5.41) is 12.6. The van der Waals surface area contributed by atoms with Crippen molar-refractivity contribution >= 4 is 51.9 Å². The number of para-hydroxylation sites is 1. The molecule has 4 aliphatic carbocycles. The molecule has 7 rings (SSSR count). The normalized spacial score (nSPS) is 29.8. The maximum absolute atomic E-state index is 13.5. The SMILES string of the molecule is O=C1/C(=C\c2cccn2Cc2ccccc2[N+](=O)[O-])SC(=S)N1NC(=O)C12CC3CC(CC(C3)C1)C2. The lowest BCUT2D eigenvalue weighted by molar-refractivity contribution is -0.385. The molecule has 2 aromatic rings. The first-order valence-electron chi connectivity index (χ1n) is 12.3. The van der Waals surface area contributed by atoms with Gasteiger partial charge in [0.15, 0.2) is 4.32 Å². The van der Waals surface area contributed by atoms with Gasteiger partial charge in [-0.05, 0) is 86.7 Å². The molecule has 4 bridgehead atoms. The molecule has 0 radical (unpaired) electrons. The van der Waals surface area contributed by atoms with Crippen molar-refractivity contribution in [1.29, 1.82) is 0 Å². The minimum absolute atomic E-state index is 0.0517. The summed E-state index contributed by atoms with van der Waals surface area (Å²) >= 11 is 6.62. The number of thiocarbonyl (C=S) groups is 1. The number of nitro groups is 1. The predicted octanol–water partition coefficient (Wildman–Crippen LogP) is 4.89. The maximum atomic E-state index is 13.5. The quantitative estimate of drug-likeness (QED) is 0.251. The molecule has 1 N–H and O–H groups in total. The van der Waals surface area contributed by atoms with E-state index in [9.17, 15) is 19.7 Å². The first-order chi connectivity index (χ1) is 17.3. The fraction of sp³-hybridized carbons (Fsp3) is 0.423. The molecule has 186 valence electrons. The Morgan fingerprint density at radius 2 is 1.81 bits per heavy atom. The first-order valence-corrected chi connectivity index (χ1v) is 13.5. The van der Waals surface area contributed by atoms with Gasteiger partial charge in [-0.2, -0.15) is 5.01 Å². The molecule has 36 heavy (non-hydrogen) atoms. The molecule has 0 spiro atoms. The van der Waals surface area contributed by atoms with Gasteiger partial charge in [0.1, 0.15) is 0 Å². The van der Waals surface area contributed by atoms with Crippen LogP contribution in [0.25, 0.3) is 6.08 Å². The number of hydrazine groups is 1. The van der Waals surface area contributed by atoms with E-state index in [4.69, 9.17) is 12.2 Å². The Labute approximate surface area is 218 Å². The predicted molar refractivity (Wildman–Crippen MR) is 140 cm³/mol. The monoisotopic (exact) mass is 522 g/mol. The number of amides is 2. The van der Waals surface area contributed by atoms with E-state index in [1.54, 1.807) is 24.3 Å². The number of benzene rings is 1. The highest BCUT2D eigenvalue weighted by molar-refractivity contribution is 8.26. The van der Waals surface area contributed by atoms with Gasteiger partial charge in [-0.15, -0.1) is 0 Å². The zero-order valence-corrected chi connectivity index (χ0v) is 21.2. The standard InChI is InChI=1S/C26H26N4O4S2/c31-23-22(11-20-5-3-7-28(20)15-19-4-1-2-6-21(19)30(33)34)36-25(35)29(23)27-24(32)26-12-16-8-17(13-26)10-18(9-16)14-26/h1-7,11,16-18H,8-10,12-15H2,(H,27,32)/b22-11+. The Morgan fingerprint density at radius 1 is 1.14 bits per heavy atom. The summed E-state index contributed by atoms with van der Waals surface area (Å²) in [7, 11) is 0. The minimum atomic E-state index is -0.393.